The van der Waals surface area contributed by atoms with Crippen molar-refractivity contribution in [1.82, 2.24) is 19.3 Å². The third-order valence-electron chi connectivity index (χ3n) is 9.18. The molecule has 0 radical (unpaired) electrons. The van der Waals surface area contributed by atoms with E-state index in [2.05, 4.69) is 46.1 Å². The Morgan fingerprint density at radius 2 is 1.76 bits per heavy atom. The lowest BCUT2D eigenvalue weighted by molar-refractivity contribution is -0.130. The van der Waals surface area contributed by atoms with E-state index >= 15 is 0 Å². The number of aromatic nitrogens is 1. The van der Waals surface area contributed by atoms with Gasteiger partial charge in [-0.05, 0) is 112 Å². The fourth-order valence-corrected chi connectivity index (χ4v) is 9.14. The number of hydrogen-bond donors (Lipinski definition) is 1. The van der Waals surface area contributed by atoms with Crippen LogP contribution < -0.4 is 9.46 Å². The summed E-state index contributed by atoms with van der Waals surface area (Å²) in [6, 6.07) is 15.2. The molecule has 9 nitrogen and oxygen atoms in total. The van der Waals surface area contributed by atoms with E-state index in [0.717, 1.165) is 49.8 Å². The van der Waals surface area contributed by atoms with Crippen molar-refractivity contribution < 1.29 is 17.9 Å². The number of hydrogen-bond acceptors (Lipinski definition) is 7. The molecule has 242 valence electrons. The summed E-state index contributed by atoms with van der Waals surface area (Å²) in [6.07, 6.45) is 5.00. The maximum absolute atomic E-state index is 13.4. The Kier molecular flexibility index (Phi) is 9.93. The molecule has 0 saturated carbocycles. The Labute approximate surface area is 271 Å². The molecule has 1 aliphatic rings. The van der Waals surface area contributed by atoms with Crippen LogP contribution in [0.5, 0.6) is 5.75 Å². The number of carbonyl (C=O) groups is 1. The second-order valence-electron chi connectivity index (χ2n) is 12.3. The average molecular weight is 652 g/mol. The molecule has 2 aromatic carbocycles. The number of methoxy groups -OCH3 is 1. The summed E-state index contributed by atoms with van der Waals surface area (Å²) in [5, 5.41) is 3.11. The number of ether oxygens (including phenoxy) is 1. The van der Waals surface area contributed by atoms with Gasteiger partial charge in [0.2, 0.25) is 5.91 Å². The van der Waals surface area contributed by atoms with Crippen LogP contribution in [-0.2, 0) is 26.9 Å². The van der Waals surface area contributed by atoms with Gasteiger partial charge >= 0.3 is 0 Å². The second kappa shape index (κ2) is 13.5. The van der Waals surface area contributed by atoms with E-state index in [9.17, 15) is 13.2 Å². The minimum absolute atomic E-state index is 0.0194. The van der Waals surface area contributed by atoms with E-state index in [1.54, 1.807) is 50.1 Å². The van der Waals surface area contributed by atoms with Crippen molar-refractivity contribution in [3.8, 4) is 5.75 Å². The number of rotatable bonds is 12. The Morgan fingerprint density at radius 3 is 2.38 bits per heavy atom. The van der Waals surface area contributed by atoms with Crippen LogP contribution in [0.25, 0.3) is 10.9 Å². The monoisotopic (exact) mass is 651 g/mol. The highest BCUT2D eigenvalue weighted by Crippen LogP contribution is 2.39. The van der Waals surface area contributed by atoms with Crippen molar-refractivity contribution in [3.63, 3.8) is 0 Å². The summed E-state index contributed by atoms with van der Waals surface area (Å²) in [6.45, 7) is 7.45. The highest BCUT2D eigenvalue weighted by Gasteiger charge is 2.38. The van der Waals surface area contributed by atoms with Crippen LogP contribution in [0.3, 0.4) is 0 Å². The Bertz CT molecular complexity index is 1720. The quantitative estimate of drug-likeness (QED) is 0.217. The van der Waals surface area contributed by atoms with Crippen LogP contribution in [0.2, 0.25) is 0 Å². The van der Waals surface area contributed by atoms with Crippen molar-refractivity contribution >= 4 is 43.9 Å². The maximum Gasteiger partial charge on any atom is 0.262 e. The number of likely N-dealkylation sites (N-methyl/N-ethyl adjacent to an activating group) is 1. The lowest BCUT2D eigenvalue weighted by atomic mass is 9.84. The van der Waals surface area contributed by atoms with Gasteiger partial charge in [0.15, 0.2) is 0 Å². The number of anilines is 1. The maximum atomic E-state index is 13.4. The van der Waals surface area contributed by atoms with Gasteiger partial charge in [-0.3, -0.25) is 14.4 Å². The molecule has 1 N–H and O–H groups in total. The molecule has 1 fully saturated rings. The van der Waals surface area contributed by atoms with E-state index < -0.39 is 10.0 Å². The minimum Gasteiger partial charge on any atom is -0.497 e. The van der Waals surface area contributed by atoms with Gasteiger partial charge in [0.25, 0.3) is 10.0 Å². The minimum atomic E-state index is -3.84. The summed E-state index contributed by atoms with van der Waals surface area (Å²) >= 11 is 1.85. The zero-order valence-corrected chi connectivity index (χ0v) is 28.8. The molecule has 3 heterocycles. The third kappa shape index (κ3) is 7.06. The van der Waals surface area contributed by atoms with Gasteiger partial charge in [-0.25, -0.2) is 8.42 Å². The number of nitrogens with zero attached hydrogens (tertiary/aromatic N) is 4. The van der Waals surface area contributed by atoms with Crippen molar-refractivity contribution in [3.05, 3.63) is 76.1 Å². The van der Waals surface area contributed by atoms with E-state index in [0.29, 0.717) is 29.1 Å². The fraction of sp³-hybridized carbons (Fsp3) is 0.441. The van der Waals surface area contributed by atoms with E-state index in [1.807, 2.05) is 41.3 Å². The topological polar surface area (TPSA) is 87.1 Å². The molecule has 45 heavy (non-hydrogen) atoms. The number of fused-ring (bicyclic) bond motifs is 1. The molecule has 4 aromatic rings. The summed E-state index contributed by atoms with van der Waals surface area (Å²) in [5.74, 6) is 0.635. The molecule has 11 heteroatoms. The standard InChI is InChI=1S/C34H45N5O4S2/c1-25-21-29(43-6)22-26(2)33(25)45(41,42)35-28-11-10-27-12-17-39(30(27)23-28)24-32(40)37(5)15-8-16-38-18-13-34(14-19-38,36(3)4)31-9-7-20-44-31/h7,9-12,17,20-23,35H,8,13-16,18-19,24H2,1-6H3. The van der Waals surface area contributed by atoms with Crippen molar-refractivity contribution in [1.29, 1.82) is 0 Å². The molecule has 0 aliphatic carbocycles. The molecule has 0 spiro atoms. The summed E-state index contributed by atoms with van der Waals surface area (Å²) in [7, 11) is 3.96. The number of piperidine rings is 1. The molecule has 1 aliphatic heterocycles. The van der Waals surface area contributed by atoms with Gasteiger partial charge in [0, 0.05) is 37.8 Å². The Morgan fingerprint density at radius 1 is 1.04 bits per heavy atom. The number of benzene rings is 2. The molecule has 2 aromatic heterocycles. The molecule has 0 bridgehead atoms. The highest BCUT2D eigenvalue weighted by atomic mass is 32.2. The third-order valence-corrected chi connectivity index (χ3v) is 11.9. The van der Waals surface area contributed by atoms with E-state index in [4.69, 9.17) is 4.74 Å². The summed E-state index contributed by atoms with van der Waals surface area (Å²) < 4.78 is 36.6. The normalized spacial score (nSPS) is 15.4. The van der Waals surface area contributed by atoms with Crippen LogP contribution in [-0.4, -0.2) is 88.0 Å². The highest BCUT2D eigenvalue weighted by molar-refractivity contribution is 7.92. The van der Waals surface area contributed by atoms with Crippen LogP contribution in [0.15, 0.2) is 65.0 Å². The first-order chi connectivity index (χ1) is 21.4. The largest absolute Gasteiger partial charge is 0.497 e. The summed E-state index contributed by atoms with van der Waals surface area (Å²) in [4.78, 5) is 21.6. The first kappa shape index (κ1) is 33.0. The SMILES string of the molecule is COc1cc(C)c(S(=O)(=O)Nc2ccc3ccn(CC(=O)N(C)CCCN4CCC(c5cccs5)(N(C)C)CC4)c3c2)c(C)c1. The van der Waals surface area contributed by atoms with Crippen LogP contribution in [0.1, 0.15) is 35.3 Å². The molecule has 5 rings (SSSR count). The number of amides is 1. The first-order valence-electron chi connectivity index (χ1n) is 15.4. The predicted octanol–water partition coefficient (Wildman–Crippen LogP) is 5.53. The zero-order chi connectivity index (χ0) is 32.4. The van der Waals surface area contributed by atoms with Gasteiger partial charge < -0.3 is 19.1 Å². The second-order valence-corrected chi connectivity index (χ2v) is 14.9. The fourth-order valence-electron chi connectivity index (χ4n) is 6.57. The number of carbonyl (C=O) groups excluding carboxylic acids is 1. The first-order valence-corrected chi connectivity index (χ1v) is 17.7. The zero-order valence-electron chi connectivity index (χ0n) is 27.2. The van der Waals surface area contributed by atoms with Crippen molar-refractivity contribution in [2.24, 2.45) is 0 Å². The molecular weight excluding hydrogens is 607 g/mol. The van der Waals surface area contributed by atoms with Crippen LogP contribution in [0.4, 0.5) is 5.69 Å². The number of sulfonamides is 1. The Balaban J connectivity index is 1.17. The van der Waals surface area contributed by atoms with Crippen molar-refractivity contribution in [2.45, 2.75) is 50.1 Å². The predicted molar refractivity (Wildman–Crippen MR) is 183 cm³/mol. The lowest BCUT2D eigenvalue weighted by Gasteiger charge is -2.46. The van der Waals surface area contributed by atoms with Gasteiger partial charge in [-0.2, -0.15) is 0 Å². The van der Waals surface area contributed by atoms with Crippen LogP contribution >= 0.6 is 11.3 Å². The van der Waals surface area contributed by atoms with Gasteiger partial charge in [0.05, 0.1) is 28.7 Å². The Hall–Kier alpha value is -3.38. The number of aryl methyl sites for hydroxylation is 2. The number of nitrogens with one attached hydrogen (secondary N) is 1. The van der Waals surface area contributed by atoms with E-state index in [1.165, 1.54) is 4.88 Å². The molecule has 1 amide bonds. The smallest absolute Gasteiger partial charge is 0.262 e. The van der Waals surface area contributed by atoms with E-state index in [-0.39, 0.29) is 22.9 Å². The molecule has 0 unspecified atom stereocenters. The molecule has 1 saturated heterocycles. The summed E-state index contributed by atoms with van der Waals surface area (Å²) in [5.41, 5.74) is 2.57. The molecule has 0 atom stereocenters. The van der Waals surface area contributed by atoms with Gasteiger partial charge in [-0.1, -0.05) is 12.1 Å². The van der Waals surface area contributed by atoms with Gasteiger partial charge in [-0.15, -0.1) is 11.3 Å². The van der Waals surface area contributed by atoms with Gasteiger partial charge in [0.1, 0.15) is 12.3 Å². The molecular formula is C34H45N5O4S2. The lowest BCUT2D eigenvalue weighted by Crippen LogP contribution is -2.50. The van der Waals surface area contributed by atoms with Crippen molar-refractivity contribution in [2.75, 3.05) is 59.2 Å². The average Bonchev–Trinajstić information content (AvgIpc) is 3.67. The van der Waals surface area contributed by atoms with Crippen LogP contribution in [0, 0.1) is 13.8 Å². The number of thiophene rings is 1. The number of likely N-dealkylation sites (tertiary alicyclic amines) is 1.